The molecule has 1 aliphatic heterocycles. The van der Waals surface area contributed by atoms with E-state index in [2.05, 4.69) is 10.6 Å². The second-order valence-corrected chi connectivity index (χ2v) is 14.7. The first-order valence-corrected chi connectivity index (χ1v) is 18.4. The number of carboxylic acid groups (broad SMARTS) is 1. The van der Waals surface area contributed by atoms with Gasteiger partial charge in [-0.3, -0.25) is 9.69 Å². The number of benzene rings is 5. The summed E-state index contributed by atoms with van der Waals surface area (Å²) in [6, 6.07) is 38.1. The molecule has 5 aromatic rings. The Morgan fingerprint density at radius 3 is 2.10 bits per heavy atom. The standard InChI is InChI=1S/C40H41N3O6S/c1-43(40(45)46)38(37(30-14-4-2-5-15-30)31-16-6-3-7-17-31)39(44)42-36-19-11-10-13-29(36)20-22-33-25-41-26-34(49-33)27-50(47,48)35-23-21-28-12-8-9-18-32(28)24-35/h2-19,21,23-24,33-34,37-38,41H,20,22,25-27H2,1H3,(H,42,44)(H,45,46)/t33?,34-,38-/m0/s1. The number of amides is 2. The summed E-state index contributed by atoms with van der Waals surface area (Å²) in [5.41, 5.74) is 3.09. The molecule has 0 aromatic heterocycles. The highest BCUT2D eigenvalue weighted by atomic mass is 32.2. The number of nitrogens with zero attached hydrogens (tertiary/aromatic N) is 1. The molecule has 1 saturated heterocycles. The van der Waals surface area contributed by atoms with Crippen molar-refractivity contribution in [1.82, 2.24) is 10.2 Å². The fourth-order valence-electron chi connectivity index (χ4n) is 6.67. The van der Waals surface area contributed by atoms with Crippen LogP contribution in [0.5, 0.6) is 0 Å². The highest BCUT2D eigenvalue weighted by molar-refractivity contribution is 7.91. The van der Waals surface area contributed by atoms with Crippen molar-refractivity contribution in [2.45, 2.75) is 41.9 Å². The Balaban J connectivity index is 1.15. The zero-order valence-electron chi connectivity index (χ0n) is 27.8. The predicted octanol–water partition coefficient (Wildman–Crippen LogP) is 6.35. The Morgan fingerprint density at radius 1 is 0.820 bits per heavy atom. The van der Waals surface area contributed by atoms with Gasteiger partial charge in [-0.05, 0) is 58.5 Å². The van der Waals surface area contributed by atoms with Gasteiger partial charge in [0.25, 0.3) is 0 Å². The number of carbonyl (C=O) groups excluding carboxylic acids is 1. The van der Waals surface area contributed by atoms with Crippen LogP contribution in [-0.4, -0.2) is 74.6 Å². The molecule has 1 unspecified atom stereocenters. The van der Waals surface area contributed by atoms with E-state index >= 15 is 0 Å². The molecule has 1 heterocycles. The van der Waals surface area contributed by atoms with Crippen molar-refractivity contribution in [2.75, 3.05) is 31.2 Å². The quantitative estimate of drug-likeness (QED) is 0.139. The average Bonchev–Trinajstić information content (AvgIpc) is 3.13. The van der Waals surface area contributed by atoms with E-state index in [0.29, 0.717) is 31.6 Å². The molecule has 1 aliphatic rings. The number of carbonyl (C=O) groups is 2. The molecular weight excluding hydrogens is 651 g/mol. The summed E-state index contributed by atoms with van der Waals surface area (Å²) < 4.78 is 33.0. The van der Waals surface area contributed by atoms with E-state index in [4.69, 9.17) is 4.74 Å². The van der Waals surface area contributed by atoms with Gasteiger partial charge in [0.15, 0.2) is 9.84 Å². The van der Waals surface area contributed by atoms with E-state index in [9.17, 15) is 23.1 Å². The molecule has 0 bridgehead atoms. The van der Waals surface area contributed by atoms with Crippen LogP contribution in [0.1, 0.15) is 29.0 Å². The molecule has 258 valence electrons. The van der Waals surface area contributed by atoms with Gasteiger partial charge in [0.1, 0.15) is 6.04 Å². The molecular formula is C40H41N3O6S. The first-order valence-electron chi connectivity index (χ1n) is 16.7. The number of likely N-dealkylation sites (N-methyl/N-ethyl adjacent to an activating group) is 1. The van der Waals surface area contributed by atoms with Crippen molar-refractivity contribution < 1.29 is 27.9 Å². The monoisotopic (exact) mass is 691 g/mol. The second kappa shape index (κ2) is 15.7. The lowest BCUT2D eigenvalue weighted by Gasteiger charge is -2.33. The average molecular weight is 692 g/mol. The zero-order chi connectivity index (χ0) is 35.1. The van der Waals surface area contributed by atoms with Gasteiger partial charge >= 0.3 is 6.09 Å². The first-order chi connectivity index (χ1) is 24.2. The van der Waals surface area contributed by atoms with Crippen LogP contribution >= 0.6 is 0 Å². The smallest absolute Gasteiger partial charge is 0.407 e. The van der Waals surface area contributed by atoms with E-state index in [0.717, 1.165) is 32.4 Å². The van der Waals surface area contributed by atoms with E-state index < -0.39 is 39.9 Å². The molecule has 0 radical (unpaired) electrons. The highest BCUT2D eigenvalue weighted by Crippen LogP contribution is 2.32. The summed E-state index contributed by atoms with van der Waals surface area (Å²) in [7, 11) is -2.17. The Morgan fingerprint density at radius 2 is 1.42 bits per heavy atom. The third-order valence-electron chi connectivity index (χ3n) is 9.25. The summed E-state index contributed by atoms with van der Waals surface area (Å²) in [5.74, 6) is -1.14. The van der Waals surface area contributed by atoms with Gasteiger partial charge in [-0.2, -0.15) is 0 Å². The summed E-state index contributed by atoms with van der Waals surface area (Å²) in [6.07, 6.45) is -0.833. The highest BCUT2D eigenvalue weighted by Gasteiger charge is 2.37. The number of fused-ring (bicyclic) bond motifs is 1. The van der Waals surface area contributed by atoms with Crippen molar-refractivity contribution in [3.05, 3.63) is 144 Å². The lowest BCUT2D eigenvalue weighted by molar-refractivity contribution is -0.120. The van der Waals surface area contributed by atoms with E-state index in [1.54, 1.807) is 12.1 Å². The van der Waals surface area contributed by atoms with Gasteiger partial charge in [-0.25, -0.2) is 13.2 Å². The predicted molar refractivity (Wildman–Crippen MR) is 195 cm³/mol. The van der Waals surface area contributed by atoms with Crippen LogP contribution in [0.3, 0.4) is 0 Å². The minimum Gasteiger partial charge on any atom is -0.465 e. The zero-order valence-corrected chi connectivity index (χ0v) is 28.6. The summed E-state index contributed by atoms with van der Waals surface area (Å²) >= 11 is 0. The molecule has 2 amide bonds. The van der Waals surface area contributed by atoms with E-state index in [1.807, 2.05) is 115 Å². The summed E-state index contributed by atoms with van der Waals surface area (Å²) in [6.45, 7) is 1.00. The topological polar surface area (TPSA) is 125 Å². The number of anilines is 1. The molecule has 0 spiro atoms. The largest absolute Gasteiger partial charge is 0.465 e. The normalized spacial score (nSPS) is 16.9. The lowest BCUT2D eigenvalue weighted by atomic mass is 9.84. The number of rotatable bonds is 12. The van der Waals surface area contributed by atoms with Crippen molar-refractivity contribution in [1.29, 1.82) is 0 Å². The summed E-state index contributed by atoms with van der Waals surface area (Å²) in [4.78, 5) is 27.8. The second-order valence-electron chi connectivity index (χ2n) is 12.7. The molecule has 10 heteroatoms. The van der Waals surface area contributed by atoms with Crippen LogP contribution in [-0.2, 0) is 25.8 Å². The molecule has 9 nitrogen and oxygen atoms in total. The van der Waals surface area contributed by atoms with Gasteiger partial charge in [0, 0.05) is 31.7 Å². The van der Waals surface area contributed by atoms with Crippen LogP contribution < -0.4 is 10.6 Å². The Bertz CT molecular complexity index is 2000. The molecule has 3 atom stereocenters. The lowest BCUT2D eigenvalue weighted by Crippen LogP contribution is -2.48. The van der Waals surface area contributed by atoms with Crippen molar-refractivity contribution in [3.8, 4) is 0 Å². The number of sulfone groups is 1. The van der Waals surface area contributed by atoms with E-state index in [-0.39, 0.29) is 16.8 Å². The van der Waals surface area contributed by atoms with Crippen molar-refractivity contribution >= 4 is 38.3 Å². The van der Waals surface area contributed by atoms with Gasteiger partial charge in [-0.15, -0.1) is 0 Å². The van der Waals surface area contributed by atoms with Crippen LogP contribution in [0.15, 0.2) is 132 Å². The van der Waals surface area contributed by atoms with Crippen LogP contribution in [0, 0.1) is 0 Å². The minimum absolute atomic E-state index is 0.135. The summed E-state index contributed by atoms with van der Waals surface area (Å²) in [5, 5.41) is 18.3. The van der Waals surface area contributed by atoms with Gasteiger partial charge in [-0.1, -0.05) is 109 Å². The van der Waals surface area contributed by atoms with Crippen molar-refractivity contribution in [3.63, 3.8) is 0 Å². The van der Waals surface area contributed by atoms with Crippen molar-refractivity contribution in [2.24, 2.45) is 0 Å². The van der Waals surface area contributed by atoms with Crippen LogP contribution in [0.4, 0.5) is 10.5 Å². The van der Waals surface area contributed by atoms with E-state index in [1.165, 1.54) is 7.05 Å². The number of aryl methyl sites for hydroxylation is 1. The third-order valence-corrected chi connectivity index (χ3v) is 11.0. The number of para-hydroxylation sites is 1. The molecule has 0 saturated carbocycles. The Labute approximate surface area is 292 Å². The van der Waals surface area contributed by atoms with Gasteiger partial charge < -0.3 is 20.5 Å². The first kappa shape index (κ1) is 34.8. The third kappa shape index (κ3) is 8.22. The fraction of sp³-hybridized carbons (Fsp3) is 0.250. The number of morpholine rings is 1. The molecule has 1 fully saturated rings. The fourth-order valence-corrected chi connectivity index (χ4v) is 8.14. The maximum absolute atomic E-state index is 14.2. The SMILES string of the molecule is CN(C(=O)O)[C@H](C(=O)Nc1ccccc1CCC1CNC[C@@H](CS(=O)(=O)c2ccc3ccccc3c2)O1)C(c1ccccc1)c1ccccc1. The molecule has 50 heavy (non-hydrogen) atoms. The number of hydrogen-bond donors (Lipinski definition) is 3. The van der Waals surface area contributed by atoms with Gasteiger partial charge in [0.2, 0.25) is 5.91 Å². The number of hydrogen-bond acceptors (Lipinski definition) is 6. The molecule has 0 aliphatic carbocycles. The minimum atomic E-state index is -3.59. The maximum Gasteiger partial charge on any atom is 0.407 e. The molecule has 5 aromatic carbocycles. The van der Waals surface area contributed by atoms with Gasteiger partial charge in [0.05, 0.1) is 22.9 Å². The Kier molecular flexibility index (Phi) is 10.9. The van der Waals surface area contributed by atoms with Crippen LogP contribution in [0.25, 0.3) is 10.8 Å². The number of ether oxygens (including phenoxy) is 1. The van der Waals surface area contributed by atoms with Crippen LogP contribution in [0.2, 0.25) is 0 Å². The Hall–Kier alpha value is -5.03. The number of nitrogens with one attached hydrogen (secondary N) is 2. The molecule has 6 rings (SSSR count). The maximum atomic E-state index is 14.2. The molecule has 3 N–H and O–H groups in total.